The van der Waals surface area contributed by atoms with Crippen molar-refractivity contribution in [2.24, 2.45) is 0 Å². The second-order valence-corrected chi connectivity index (χ2v) is 7.24. The third kappa shape index (κ3) is 6.71. The summed E-state index contributed by atoms with van der Waals surface area (Å²) in [6.45, 7) is 0. The molecule has 0 unspecified atom stereocenters. The maximum Gasteiger partial charge on any atom is 0.270 e. The highest BCUT2D eigenvalue weighted by Crippen LogP contribution is 2.16. The molecule has 0 atom stereocenters. The molecule has 9 heteroatoms. The van der Waals surface area contributed by atoms with E-state index in [2.05, 4.69) is 16.0 Å². The summed E-state index contributed by atoms with van der Waals surface area (Å²) < 4.78 is 0. The molecule has 0 aliphatic carbocycles. The zero-order valence-electron chi connectivity index (χ0n) is 16.9. The summed E-state index contributed by atoms with van der Waals surface area (Å²) in [7, 11) is 0. The molecule has 2 amide bonds. The van der Waals surface area contributed by atoms with Crippen molar-refractivity contribution in [2.75, 3.05) is 10.6 Å². The summed E-state index contributed by atoms with van der Waals surface area (Å²) in [6.07, 6.45) is 0.984. The van der Waals surface area contributed by atoms with Gasteiger partial charge in [-0.15, -0.1) is 0 Å². The fraction of sp³-hybridized carbons (Fsp3) is 0.0870. The molecule has 8 nitrogen and oxygen atoms in total. The third-order valence-electron chi connectivity index (χ3n) is 4.43. The van der Waals surface area contributed by atoms with E-state index < -0.39 is 10.8 Å². The Hall–Kier alpha value is -4.11. The van der Waals surface area contributed by atoms with Gasteiger partial charge in [-0.3, -0.25) is 25.0 Å². The monoisotopic (exact) mass is 448 g/mol. The number of rotatable bonds is 7. The predicted molar refractivity (Wildman–Crippen MR) is 127 cm³/mol. The number of benzene rings is 3. The van der Waals surface area contributed by atoms with Gasteiger partial charge in [0, 0.05) is 35.5 Å². The SMILES string of the molecule is O=C(CCc1ccccc1)Nc1cccc(NC(=S)NC(=O)c2cccc([N+](=O)[O-])c2)c1. The van der Waals surface area contributed by atoms with Gasteiger partial charge >= 0.3 is 0 Å². The maximum atomic E-state index is 12.3. The fourth-order valence-electron chi connectivity index (χ4n) is 2.90. The number of aryl methyl sites for hydroxylation is 1. The van der Waals surface area contributed by atoms with Crippen LogP contribution in [0.3, 0.4) is 0 Å². The van der Waals surface area contributed by atoms with E-state index in [0.29, 0.717) is 24.2 Å². The number of nitrogens with zero attached hydrogens (tertiary/aromatic N) is 1. The number of anilines is 2. The van der Waals surface area contributed by atoms with Crippen molar-refractivity contribution in [2.45, 2.75) is 12.8 Å². The minimum Gasteiger partial charge on any atom is -0.332 e. The summed E-state index contributed by atoms with van der Waals surface area (Å²) >= 11 is 5.16. The van der Waals surface area contributed by atoms with E-state index in [0.717, 1.165) is 5.56 Å². The van der Waals surface area contributed by atoms with Gasteiger partial charge in [-0.2, -0.15) is 0 Å². The first-order chi connectivity index (χ1) is 15.4. The van der Waals surface area contributed by atoms with Crippen molar-refractivity contribution >= 4 is 46.2 Å². The average Bonchev–Trinajstić information content (AvgIpc) is 2.78. The number of carbonyl (C=O) groups excluding carboxylic acids is 2. The van der Waals surface area contributed by atoms with E-state index in [-0.39, 0.29) is 22.3 Å². The number of nitro groups is 1. The normalized spacial score (nSPS) is 10.1. The molecule has 0 saturated carbocycles. The lowest BCUT2D eigenvalue weighted by Gasteiger charge is -2.11. The van der Waals surface area contributed by atoms with Crippen LogP contribution in [0.1, 0.15) is 22.3 Å². The maximum absolute atomic E-state index is 12.3. The fourth-order valence-corrected chi connectivity index (χ4v) is 3.11. The van der Waals surface area contributed by atoms with Crippen LogP contribution in [-0.4, -0.2) is 21.9 Å². The van der Waals surface area contributed by atoms with E-state index in [1.807, 2.05) is 30.3 Å². The van der Waals surface area contributed by atoms with Gasteiger partial charge in [-0.25, -0.2) is 0 Å². The highest BCUT2D eigenvalue weighted by molar-refractivity contribution is 7.80. The molecular formula is C23H20N4O4S. The number of amides is 2. The first kappa shape index (κ1) is 22.6. The van der Waals surface area contributed by atoms with Crippen LogP contribution in [0.2, 0.25) is 0 Å². The van der Waals surface area contributed by atoms with Crippen LogP contribution in [0.5, 0.6) is 0 Å². The van der Waals surface area contributed by atoms with Crippen molar-refractivity contribution in [1.29, 1.82) is 0 Å². The van der Waals surface area contributed by atoms with Crippen molar-refractivity contribution in [1.82, 2.24) is 5.32 Å². The Morgan fingerprint density at radius 2 is 1.56 bits per heavy atom. The minimum absolute atomic E-state index is 0.0223. The average molecular weight is 449 g/mol. The van der Waals surface area contributed by atoms with E-state index in [9.17, 15) is 19.7 Å². The molecule has 0 aromatic heterocycles. The predicted octanol–water partition coefficient (Wildman–Crippen LogP) is 4.29. The summed E-state index contributed by atoms with van der Waals surface area (Å²) in [5.41, 5.74) is 2.16. The largest absolute Gasteiger partial charge is 0.332 e. The van der Waals surface area contributed by atoms with Crippen molar-refractivity contribution < 1.29 is 14.5 Å². The van der Waals surface area contributed by atoms with Gasteiger partial charge in [0.25, 0.3) is 11.6 Å². The molecule has 0 fully saturated rings. The molecule has 0 saturated heterocycles. The van der Waals surface area contributed by atoms with E-state index in [4.69, 9.17) is 12.2 Å². The Balaban J connectivity index is 1.54. The number of thiocarbonyl (C=S) groups is 1. The lowest BCUT2D eigenvalue weighted by molar-refractivity contribution is -0.384. The van der Waals surface area contributed by atoms with Gasteiger partial charge in [0.2, 0.25) is 5.91 Å². The highest BCUT2D eigenvalue weighted by atomic mass is 32.1. The number of carbonyl (C=O) groups is 2. The van der Waals surface area contributed by atoms with Crippen molar-refractivity contribution in [3.05, 3.63) is 100 Å². The molecular weight excluding hydrogens is 428 g/mol. The summed E-state index contributed by atoms with van der Waals surface area (Å²) in [4.78, 5) is 34.8. The molecule has 0 bridgehead atoms. The van der Waals surface area contributed by atoms with Crippen molar-refractivity contribution in [3.8, 4) is 0 Å². The molecule has 0 aliphatic rings. The smallest absolute Gasteiger partial charge is 0.270 e. The van der Waals surface area contributed by atoms with Crippen LogP contribution in [-0.2, 0) is 11.2 Å². The lowest BCUT2D eigenvalue weighted by atomic mass is 10.1. The summed E-state index contributed by atoms with van der Waals surface area (Å²) in [6, 6.07) is 22.0. The lowest BCUT2D eigenvalue weighted by Crippen LogP contribution is -2.34. The zero-order valence-corrected chi connectivity index (χ0v) is 17.7. The van der Waals surface area contributed by atoms with Gasteiger partial charge in [-0.1, -0.05) is 42.5 Å². The molecule has 32 heavy (non-hydrogen) atoms. The highest BCUT2D eigenvalue weighted by Gasteiger charge is 2.13. The third-order valence-corrected chi connectivity index (χ3v) is 4.64. The van der Waals surface area contributed by atoms with Crippen molar-refractivity contribution in [3.63, 3.8) is 0 Å². The zero-order chi connectivity index (χ0) is 22.9. The summed E-state index contributed by atoms with van der Waals surface area (Å²) in [5.74, 6) is -0.691. The first-order valence-corrected chi connectivity index (χ1v) is 10.1. The second-order valence-electron chi connectivity index (χ2n) is 6.83. The topological polar surface area (TPSA) is 113 Å². The van der Waals surface area contributed by atoms with Crippen LogP contribution >= 0.6 is 12.2 Å². The van der Waals surface area contributed by atoms with Crippen LogP contribution in [0.4, 0.5) is 17.1 Å². The first-order valence-electron chi connectivity index (χ1n) is 9.71. The quantitative estimate of drug-likeness (QED) is 0.282. The van der Waals surface area contributed by atoms with E-state index in [1.165, 1.54) is 24.3 Å². The Morgan fingerprint density at radius 3 is 2.28 bits per heavy atom. The van der Waals surface area contributed by atoms with Crippen LogP contribution in [0.15, 0.2) is 78.9 Å². The standard InChI is InChI=1S/C23H20N4O4S/c28-21(13-12-16-6-2-1-3-7-16)24-18-9-5-10-19(15-18)25-23(32)26-22(29)17-8-4-11-20(14-17)27(30)31/h1-11,14-15H,12-13H2,(H,24,28)(H2,25,26,29,32). The molecule has 0 aliphatic heterocycles. The number of hydrogen-bond acceptors (Lipinski definition) is 5. The van der Waals surface area contributed by atoms with E-state index in [1.54, 1.807) is 24.3 Å². The minimum atomic E-state index is -0.576. The number of hydrogen-bond donors (Lipinski definition) is 3. The number of non-ortho nitro benzene ring substituents is 1. The molecule has 162 valence electrons. The molecule has 3 aromatic carbocycles. The number of nitro benzene ring substituents is 1. The van der Waals surface area contributed by atoms with Crippen LogP contribution < -0.4 is 16.0 Å². The molecule has 0 radical (unpaired) electrons. The molecule has 3 rings (SSSR count). The van der Waals surface area contributed by atoms with Gasteiger partial charge in [0.15, 0.2) is 5.11 Å². The summed E-state index contributed by atoms with van der Waals surface area (Å²) in [5, 5.41) is 19.1. The molecule has 3 N–H and O–H groups in total. The Bertz CT molecular complexity index is 1150. The Kier molecular flexibility index (Phi) is 7.60. The van der Waals surface area contributed by atoms with Gasteiger partial charge in [0.05, 0.1) is 4.92 Å². The van der Waals surface area contributed by atoms with Crippen LogP contribution in [0, 0.1) is 10.1 Å². The molecule has 0 heterocycles. The second kappa shape index (κ2) is 10.8. The number of nitrogens with one attached hydrogen (secondary N) is 3. The van der Waals surface area contributed by atoms with Crippen LogP contribution in [0.25, 0.3) is 0 Å². The van der Waals surface area contributed by atoms with Gasteiger partial charge in [-0.05, 0) is 48.5 Å². The Labute approximate surface area is 189 Å². The molecule has 0 spiro atoms. The Morgan fingerprint density at radius 1 is 0.875 bits per heavy atom. The van der Waals surface area contributed by atoms with Gasteiger partial charge < -0.3 is 10.6 Å². The van der Waals surface area contributed by atoms with Gasteiger partial charge in [0.1, 0.15) is 0 Å². The van der Waals surface area contributed by atoms with E-state index >= 15 is 0 Å². The molecule has 3 aromatic rings.